The van der Waals surface area contributed by atoms with E-state index < -0.39 is 11.7 Å². The third kappa shape index (κ3) is 5.08. The highest BCUT2D eigenvalue weighted by molar-refractivity contribution is 7.98. The molecule has 1 N–H and O–H groups in total. The van der Waals surface area contributed by atoms with Gasteiger partial charge in [0.05, 0.1) is 5.56 Å². The van der Waals surface area contributed by atoms with E-state index in [2.05, 4.69) is 5.32 Å². The van der Waals surface area contributed by atoms with Crippen LogP contribution in [-0.4, -0.2) is 18.6 Å². The molecule has 0 aliphatic heterocycles. The molecular weight excluding hydrogens is 271 g/mol. The first-order valence-electron chi connectivity index (χ1n) is 5.04. The molecule has 0 radical (unpaired) electrons. The van der Waals surface area contributed by atoms with E-state index in [0.717, 1.165) is 24.3 Å². The van der Waals surface area contributed by atoms with E-state index in [1.54, 1.807) is 11.8 Å². The fourth-order valence-corrected chi connectivity index (χ4v) is 1.97. The van der Waals surface area contributed by atoms with Crippen LogP contribution in [0.3, 0.4) is 0 Å². The molecule has 1 aromatic carbocycles. The van der Waals surface area contributed by atoms with Crippen molar-refractivity contribution in [2.45, 2.75) is 12.6 Å². The summed E-state index contributed by atoms with van der Waals surface area (Å²) in [6, 6.07) is 3.50. The second-order valence-electron chi connectivity index (χ2n) is 3.50. The number of benzene rings is 1. The van der Waals surface area contributed by atoms with Gasteiger partial charge in [0.25, 0.3) is 0 Å². The van der Waals surface area contributed by atoms with Crippen molar-refractivity contribution in [1.82, 2.24) is 0 Å². The van der Waals surface area contributed by atoms with Crippen LogP contribution in [0, 0.1) is 0 Å². The Morgan fingerprint density at radius 3 is 2.59 bits per heavy atom. The zero-order chi connectivity index (χ0) is 12.9. The lowest BCUT2D eigenvalue weighted by Crippen LogP contribution is -2.07. The summed E-state index contributed by atoms with van der Waals surface area (Å²) in [6.45, 7) is 0.637. The average Bonchev–Trinajstić information content (AvgIpc) is 2.22. The molecule has 0 aliphatic rings. The smallest absolute Gasteiger partial charge is 0.385 e. The highest BCUT2D eigenvalue weighted by Crippen LogP contribution is 2.33. The highest BCUT2D eigenvalue weighted by Gasteiger charge is 2.31. The van der Waals surface area contributed by atoms with Crippen LogP contribution in [-0.2, 0) is 6.18 Å². The molecule has 0 spiro atoms. The molecule has 1 rings (SSSR count). The van der Waals surface area contributed by atoms with Gasteiger partial charge in [0, 0.05) is 17.3 Å². The largest absolute Gasteiger partial charge is 0.416 e. The first-order valence-corrected chi connectivity index (χ1v) is 6.81. The number of rotatable bonds is 5. The van der Waals surface area contributed by atoms with Crippen molar-refractivity contribution in [2.24, 2.45) is 0 Å². The molecule has 0 fully saturated rings. The Balaban J connectivity index is 2.69. The second kappa shape index (κ2) is 6.40. The predicted molar refractivity (Wildman–Crippen MR) is 67.9 cm³/mol. The minimum Gasteiger partial charge on any atom is -0.385 e. The van der Waals surface area contributed by atoms with Crippen LogP contribution in [0.5, 0.6) is 0 Å². The van der Waals surface area contributed by atoms with Gasteiger partial charge in [-0.2, -0.15) is 24.9 Å². The summed E-state index contributed by atoms with van der Waals surface area (Å²) >= 11 is 7.35. The summed E-state index contributed by atoms with van der Waals surface area (Å²) in [5, 5.41) is 3.02. The molecule has 1 nitrogen and oxygen atoms in total. The van der Waals surface area contributed by atoms with Gasteiger partial charge in [0.2, 0.25) is 0 Å². The maximum Gasteiger partial charge on any atom is 0.416 e. The van der Waals surface area contributed by atoms with Crippen LogP contribution >= 0.6 is 23.4 Å². The van der Waals surface area contributed by atoms with Gasteiger partial charge in [-0.25, -0.2) is 0 Å². The Morgan fingerprint density at radius 2 is 2.00 bits per heavy atom. The Bertz CT molecular complexity index is 368. The van der Waals surface area contributed by atoms with Gasteiger partial charge in [-0.15, -0.1) is 0 Å². The fraction of sp³-hybridized carbons (Fsp3) is 0.455. The van der Waals surface area contributed by atoms with E-state index in [-0.39, 0.29) is 5.02 Å². The van der Waals surface area contributed by atoms with Crippen molar-refractivity contribution in [2.75, 3.05) is 23.9 Å². The molecule has 6 heteroatoms. The van der Waals surface area contributed by atoms with Crippen molar-refractivity contribution >= 4 is 29.1 Å². The second-order valence-corrected chi connectivity index (χ2v) is 4.92. The van der Waals surface area contributed by atoms with Crippen LogP contribution < -0.4 is 5.32 Å². The number of thioether (sulfide) groups is 1. The summed E-state index contributed by atoms with van der Waals surface area (Å²) < 4.78 is 37.5. The number of hydrogen-bond acceptors (Lipinski definition) is 2. The quantitative estimate of drug-likeness (QED) is 0.797. The van der Waals surface area contributed by atoms with Crippen LogP contribution in [0.2, 0.25) is 5.02 Å². The molecule has 0 saturated carbocycles. The molecule has 0 bridgehead atoms. The summed E-state index contributed by atoms with van der Waals surface area (Å²) in [5.41, 5.74) is -0.316. The first-order chi connectivity index (χ1) is 7.93. The van der Waals surface area contributed by atoms with Crippen molar-refractivity contribution in [1.29, 1.82) is 0 Å². The van der Waals surface area contributed by atoms with Crippen molar-refractivity contribution in [3.05, 3.63) is 28.8 Å². The van der Waals surface area contributed by atoms with Gasteiger partial charge in [-0.1, -0.05) is 11.6 Å². The fourth-order valence-electron chi connectivity index (χ4n) is 1.30. The summed E-state index contributed by atoms with van der Waals surface area (Å²) in [4.78, 5) is 0. The standard InChI is InChI=1S/C11H13ClF3NS/c1-17-4-2-3-16-10-6-8(11(13,14)15)5-9(12)7-10/h5-7,16H,2-4H2,1H3. The lowest BCUT2D eigenvalue weighted by atomic mass is 10.2. The Labute approximate surface area is 108 Å². The van der Waals surface area contributed by atoms with Gasteiger partial charge in [0.1, 0.15) is 0 Å². The molecule has 0 atom stereocenters. The Hall–Kier alpha value is -0.550. The van der Waals surface area contributed by atoms with E-state index in [1.165, 1.54) is 6.07 Å². The van der Waals surface area contributed by atoms with Gasteiger partial charge in [-0.3, -0.25) is 0 Å². The number of alkyl halides is 3. The monoisotopic (exact) mass is 283 g/mol. The van der Waals surface area contributed by atoms with Crippen LogP contribution in [0.1, 0.15) is 12.0 Å². The summed E-state index contributed by atoms with van der Waals surface area (Å²) in [5.74, 6) is 0.972. The summed E-state index contributed by atoms with van der Waals surface area (Å²) in [6.07, 6.45) is -1.48. The molecule has 17 heavy (non-hydrogen) atoms. The van der Waals surface area contributed by atoms with Crippen LogP contribution in [0.4, 0.5) is 18.9 Å². The topological polar surface area (TPSA) is 12.0 Å². The predicted octanol–water partition coefficient (Wildman–Crippen LogP) is 4.52. The third-order valence-electron chi connectivity index (χ3n) is 2.08. The molecule has 0 saturated heterocycles. The van der Waals surface area contributed by atoms with Crippen molar-refractivity contribution in [3.63, 3.8) is 0 Å². The third-order valence-corrected chi connectivity index (χ3v) is 2.99. The maximum absolute atomic E-state index is 12.5. The van der Waals surface area contributed by atoms with Gasteiger partial charge in [-0.05, 0) is 36.6 Å². The lowest BCUT2D eigenvalue weighted by molar-refractivity contribution is -0.137. The number of anilines is 1. The zero-order valence-electron chi connectivity index (χ0n) is 9.27. The molecule has 0 aromatic heterocycles. The Morgan fingerprint density at radius 1 is 1.29 bits per heavy atom. The minimum absolute atomic E-state index is 0.0900. The molecule has 1 aromatic rings. The molecule has 0 heterocycles. The van der Waals surface area contributed by atoms with Gasteiger partial charge >= 0.3 is 6.18 Å². The van der Waals surface area contributed by atoms with E-state index in [1.807, 2.05) is 6.26 Å². The molecular formula is C11H13ClF3NS. The molecule has 0 aliphatic carbocycles. The number of nitrogens with one attached hydrogen (secondary N) is 1. The zero-order valence-corrected chi connectivity index (χ0v) is 10.8. The lowest BCUT2D eigenvalue weighted by Gasteiger charge is -2.11. The van der Waals surface area contributed by atoms with Gasteiger partial charge in [0.15, 0.2) is 0 Å². The average molecular weight is 284 g/mol. The van der Waals surface area contributed by atoms with E-state index in [4.69, 9.17) is 11.6 Å². The van der Waals surface area contributed by atoms with E-state index in [0.29, 0.717) is 12.2 Å². The first kappa shape index (κ1) is 14.5. The van der Waals surface area contributed by atoms with E-state index in [9.17, 15) is 13.2 Å². The molecule has 96 valence electrons. The summed E-state index contributed by atoms with van der Waals surface area (Å²) in [7, 11) is 0. The molecule has 0 amide bonds. The molecule has 0 unspecified atom stereocenters. The normalized spacial score (nSPS) is 11.6. The van der Waals surface area contributed by atoms with Crippen molar-refractivity contribution < 1.29 is 13.2 Å². The SMILES string of the molecule is CSCCCNc1cc(Cl)cc(C(F)(F)F)c1. The van der Waals surface area contributed by atoms with Crippen LogP contribution in [0.15, 0.2) is 18.2 Å². The van der Waals surface area contributed by atoms with Crippen LogP contribution in [0.25, 0.3) is 0 Å². The minimum atomic E-state index is -4.36. The van der Waals surface area contributed by atoms with Gasteiger partial charge < -0.3 is 5.32 Å². The number of halogens is 4. The Kier molecular flexibility index (Phi) is 5.46. The maximum atomic E-state index is 12.5. The highest BCUT2D eigenvalue weighted by atomic mass is 35.5. The van der Waals surface area contributed by atoms with E-state index >= 15 is 0 Å². The van der Waals surface area contributed by atoms with Crippen molar-refractivity contribution in [3.8, 4) is 0 Å². The number of hydrogen-bond donors (Lipinski definition) is 1.